The molecule has 0 bridgehead atoms. The zero-order valence-corrected chi connectivity index (χ0v) is 12.1. The number of carboxylic acid groups (broad SMARTS) is 1. The summed E-state index contributed by atoms with van der Waals surface area (Å²) in [7, 11) is 0. The Morgan fingerprint density at radius 1 is 1.63 bits per heavy atom. The van der Waals surface area contributed by atoms with Crippen LogP contribution in [0.25, 0.3) is 0 Å². The summed E-state index contributed by atoms with van der Waals surface area (Å²) in [5.74, 6) is -1.22. The summed E-state index contributed by atoms with van der Waals surface area (Å²) in [6, 6.07) is 3.66. The van der Waals surface area contributed by atoms with Crippen molar-refractivity contribution in [3.05, 3.63) is 34.1 Å². The molecule has 1 aliphatic rings. The minimum Gasteiger partial charge on any atom is -0.480 e. The largest absolute Gasteiger partial charge is 0.480 e. The van der Waals surface area contributed by atoms with Gasteiger partial charge in [-0.15, -0.1) is 0 Å². The van der Waals surface area contributed by atoms with Crippen LogP contribution in [0.15, 0.2) is 22.7 Å². The second kappa shape index (κ2) is 5.98. The van der Waals surface area contributed by atoms with E-state index >= 15 is 0 Å². The molecule has 1 aromatic rings. The Bertz CT molecular complexity index is 483. The van der Waals surface area contributed by atoms with Gasteiger partial charge in [-0.2, -0.15) is 0 Å². The molecule has 6 heteroatoms. The van der Waals surface area contributed by atoms with Crippen LogP contribution in [0.3, 0.4) is 0 Å². The summed E-state index contributed by atoms with van der Waals surface area (Å²) in [5.41, 5.74) is 0.870. The molecule has 1 aliphatic heterocycles. The number of ether oxygens (including phenoxy) is 1. The molecule has 4 nitrogen and oxygen atoms in total. The monoisotopic (exact) mass is 331 g/mol. The second-order valence-electron chi connectivity index (χ2n) is 4.51. The molecule has 1 heterocycles. The molecule has 0 aliphatic carbocycles. The smallest absolute Gasteiger partial charge is 0.323 e. The van der Waals surface area contributed by atoms with Gasteiger partial charge in [0.15, 0.2) is 0 Å². The molecule has 2 atom stereocenters. The number of rotatable bonds is 3. The molecular formula is C13H15BrFNO3. The SMILES string of the molecule is CC(c1ccc(F)cc1Br)N1CCOCC1C(=O)O. The third-order valence-electron chi connectivity index (χ3n) is 3.36. The summed E-state index contributed by atoms with van der Waals surface area (Å²) in [5, 5.41) is 9.22. The zero-order chi connectivity index (χ0) is 14.0. The quantitative estimate of drug-likeness (QED) is 0.924. The predicted molar refractivity (Wildman–Crippen MR) is 71.5 cm³/mol. The van der Waals surface area contributed by atoms with Crippen molar-refractivity contribution in [2.45, 2.75) is 19.0 Å². The van der Waals surface area contributed by atoms with E-state index in [0.717, 1.165) is 5.56 Å². The van der Waals surface area contributed by atoms with Crippen molar-refractivity contribution < 1.29 is 19.0 Å². The van der Waals surface area contributed by atoms with Gasteiger partial charge >= 0.3 is 5.97 Å². The fourth-order valence-electron chi connectivity index (χ4n) is 2.31. The molecule has 104 valence electrons. The first-order valence-corrected chi connectivity index (χ1v) is 6.81. The summed E-state index contributed by atoms with van der Waals surface area (Å²) in [4.78, 5) is 13.1. The minimum atomic E-state index is -0.898. The molecule has 0 amide bonds. The van der Waals surface area contributed by atoms with Gasteiger partial charge in [-0.1, -0.05) is 22.0 Å². The molecule has 0 spiro atoms. The van der Waals surface area contributed by atoms with Crippen molar-refractivity contribution in [2.24, 2.45) is 0 Å². The van der Waals surface area contributed by atoms with Crippen molar-refractivity contribution >= 4 is 21.9 Å². The molecule has 1 N–H and O–H groups in total. The Morgan fingerprint density at radius 2 is 2.37 bits per heavy atom. The third-order valence-corrected chi connectivity index (χ3v) is 4.05. The summed E-state index contributed by atoms with van der Waals surface area (Å²) in [6.07, 6.45) is 0. The molecule has 1 aromatic carbocycles. The highest BCUT2D eigenvalue weighted by atomic mass is 79.9. The van der Waals surface area contributed by atoms with Crippen LogP contribution in [0, 0.1) is 5.82 Å². The number of aliphatic carboxylic acids is 1. The van der Waals surface area contributed by atoms with Crippen LogP contribution in [0.1, 0.15) is 18.5 Å². The van der Waals surface area contributed by atoms with Crippen molar-refractivity contribution in [1.29, 1.82) is 0 Å². The topological polar surface area (TPSA) is 49.8 Å². The Balaban J connectivity index is 2.25. The lowest BCUT2D eigenvalue weighted by atomic mass is 10.0. The van der Waals surface area contributed by atoms with Gasteiger partial charge in [0.2, 0.25) is 0 Å². The zero-order valence-electron chi connectivity index (χ0n) is 10.5. The van der Waals surface area contributed by atoms with Crippen LogP contribution >= 0.6 is 15.9 Å². The van der Waals surface area contributed by atoms with Gasteiger partial charge in [-0.3, -0.25) is 9.69 Å². The molecular weight excluding hydrogens is 317 g/mol. The van der Waals surface area contributed by atoms with Crippen LogP contribution in [0.4, 0.5) is 4.39 Å². The number of benzene rings is 1. The standard InChI is InChI=1S/C13H15BrFNO3/c1-8(10-3-2-9(15)6-11(10)14)16-4-5-19-7-12(16)13(17)18/h2-3,6,8,12H,4-5,7H2,1H3,(H,17,18). The van der Waals surface area contributed by atoms with E-state index in [4.69, 9.17) is 4.74 Å². The van der Waals surface area contributed by atoms with Crippen molar-refractivity contribution in [3.63, 3.8) is 0 Å². The molecule has 19 heavy (non-hydrogen) atoms. The van der Waals surface area contributed by atoms with Crippen LogP contribution in [-0.4, -0.2) is 41.8 Å². The van der Waals surface area contributed by atoms with E-state index in [2.05, 4.69) is 15.9 Å². The summed E-state index contributed by atoms with van der Waals surface area (Å²) in [6.45, 7) is 3.15. The van der Waals surface area contributed by atoms with Gasteiger partial charge in [0, 0.05) is 17.1 Å². The fourth-order valence-corrected chi connectivity index (χ4v) is 2.99. The third kappa shape index (κ3) is 3.13. The van der Waals surface area contributed by atoms with Crippen molar-refractivity contribution in [2.75, 3.05) is 19.8 Å². The van der Waals surface area contributed by atoms with Gasteiger partial charge in [0.1, 0.15) is 11.9 Å². The Hall–Kier alpha value is -0.980. The summed E-state index contributed by atoms with van der Waals surface area (Å²) >= 11 is 3.33. The first-order chi connectivity index (χ1) is 9.00. The van der Waals surface area contributed by atoms with E-state index in [9.17, 15) is 14.3 Å². The van der Waals surface area contributed by atoms with Crippen LogP contribution in [-0.2, 0) is 9.53 Å². The van der Waals surface area contributed by atoms with Gasteiger partial charge in [0.05, 0.1) is 13.2 Å². The number of halogens is 2. The normalized spacial score (nSPS) is 22.2. The molecule has 0 radical (unpaired) electrons. The average Bonchev–Trinajstić information content (AvgIpc) is 2.38. The highest BCUT2D eigenvalue weighted by molar-refractivity contribution is 9.10. The number of hydrogen-bond acceptors (Lipinski definition) is 3. The predicted octanol–water partition coefficient (Wildman–Crippen LogP) is 2.43. The average molecular weight is 332 g/mol. The highest BCUT2D eigenvalue weighted by Gasteiger charge is 2.33. The number of morpholine rings is 1. The van der Waals surface area contributed by atoms with E-state index in [-0.39, 0.29) is 18.5 Å². The first-order valence-electron chi connectivity index (χ1n) is 6.02. The Labute approximate surface area is 119 Å². The Kier molecular flexibility index (Phi) is 4.54. The van der Waals surface area contributed by atoms with Crippen molar-refractivity contribution in [3.8, 4) is 0 Å². The summed E-state index contributed by atoms with van der Waals surface area (Å²) < 4.78 is 19.0. The van der Waals surface area contributed by atoms with Crippen LogP contribution in [0.5, 0.6) is 0 Å². The van der Waals surface area contributed by atoms with Crippen LogP contribution in [0.2, 0.25) is 0 Å². The molecule has 0 aromatic heterocycles. The van der Waals surface area contributed by atoms with E-state index in [1.165, 1.54) is 12.1 Å². The highest BCUT2D eigenvalue weighted by Crippen LogP contribution is 2.30. The van der Waals surface area contributed by atoms with Gasteiger partial charge in [0.25, 0.3) is 0 Å². The number of carbonyl (C=O) groups is 1. The molecule has 2 rings (SSSR count). The maximum atomic E-state index is 13.1. The molecule has 2 unspecified atom stereocenters. The van der Waals surface area contributed by atoms with E-state index in [1.807, 2.05) is 11.8 Å². The number of hydrogen-bond donors (Lipinski definition) is 1. The van der Waals surface area contributed by atoms with Crippen LogP contribution < -0.4 is 0 Å². The lowest BCUT2D eigenvalue weighted by Gasteiger charge is -2.37. The van der Waals surface area contributed by atoms with Gasteiger partial charge < -0.3 is 9.84 Å². The second-order valence-corrected chi connectivity index (χ2v) is 5.36. The van der Waals surface area contributed by atoms with Crippen molar-refractivity contribution in [1.82, 2.24) is 4.90 Å². The fraction of sp³-hybridized carbons (Fsp3) is 0.462. The number of nitrogens with zero attached hydrogens (tertiary/aromatic N) is 1. The molecule has 0 saturated carbocycles. The van der Waals surface area contributed by atoms with E-state index in [1.54, 1.807) is 6.07 Å². The molecule has 1 fully saturated rings. The maximum Gasteiger partial charge on any atom is 0.323 e. The maximum absolute atomic E-state index is 13.1. The van der Waals surface area contributed by atoms with Gasteiger partial charge in [-0.25, -0.2) is 4.39 Å². The molecule has 1 saturated heterocycles. The van der Waals surface area contributed by atoms with E-state index in [0.29, 0.717) is 17.6 Å². The van der Waals surface area contributed by atoms with Gasteiger partial charge in [-0.05, 0) is 24.6 Å². The lowest BCUT2D eigenvalue weighted by molar-refractivity contribution is -0.151. The Morgan fingerprint density at radius 3 is 3.00 bits per heavy atom. The minimum absolute atomic E-state index is 0.125. The number of carboxylic acids is 1. The van der Waals surface area contributed by atoms with E-state index < -0.39 is 12.0 Å². The first kappa shape index (κ1) is 14.4. The lowest BCUT2D eigenvalue weighted by Crippen LogP contribution is -2.50.